The monoisotopic (exact) mass is 248 g/mol. The lowest BCUT2D eigenvalue weighted by molar-refractivity contribution is 0.415. The molecule has 1 aromatic heterocycles. The van der Waals surface area contributed by atoms with Gasteiger partial charge < -0.3 is 15.8 Å². The van der Waals surface area contributed by atoms with Crippen LogP contribution in [0.5, 0.6) is 5.75 Å². The van der Waals surface area contributed by atoms with E-state index in [-0.39, 0.29) is 11.6 Å². The Balaban J connectivity index is 2.34. The van der Waals surface area contributed by atoms with E-state index < -0.39 is 0 Å². The van der Waals surface area contributed by atoms with Gasteiger partial charge in [-0.3, -0.25) is 0 Å². The molecule has 18 heavy (non-hydrogen) atoms. The maximum Gasteiger partial charge on any atom is 0.204 e. The SMILES string of the molecule is COc1c(N)ncnc1Nc1ccc(C)c(F)c1. The zero-order chi connectivity index (χ0) is 13.1. The van der Waals surface area contributed by atoms with E-state index in [2.05, 4.69) is 15.3 Å². The number of hydrogen-bond donors (Lipinski definition) is 2. The topological polar surface area (TPSA) is 73.1 Å². The number of nitrogens with zero attached hydrogens (tertiary/aromatic N) is 2. The number of methoxy groups -OCH3 is 1. The molecule has 2 rings (SSSR count). The molecule has 2 aromatic rings. The largest absolute Gasteiger partial charge is 0.490 e. The van der Waals surface area contributed by atoms with Crippen LogP contribution in [0.1, 0.15) is 5.56 Å². The molecular formula is C12H13FN4O. The van der Waals surface area contributed by atoms with Gasteiger partial charge in [-0.25, -0.2) is 14.4 Å². The molecule has 1 aromatic carbocycles. The van der Waals surface area contributed by atoms with Crippen LogP contribution in [0.4, 0.5) is 21.7 Å². The van der Waals surface area contributed by atoms with Gasteiger partial charge in [-0.2, -0.15) is 0 Å². The van der Waals surface area contributed by atoms with Gasteiger partial charge in [0.2, 0.25) is 5.75 Å². The standard InChI is InChI=1S/C12H13FN4O/c1-7-3-4-8(5-9(7)13)17-12-10(18-2)11(14)15-6-16-12/h3-6H,1-2H3,(H3,14,15,16,17). The summed E-state index contributed by atoms with van der Waals surface area (Å²) in [5.41, 5.74) is 6.79. The van der Waals surface area contributed by atoms with Crippen molar-refractivity contribution in [3.8, 4) is 5.75 Å². The van der Waals surface area contributed by atoms with Crippen molar-refractivity contribution in [2.45, 2.75) is 6.92 Å². The zero-order valence-corrected chi connectivity index (χ0v) is 10.1. The normalized spacial score (nSPS) is 10.2. The molecule has 6 heteroatoms. The molecular weight excluding hydrogens is 235 g/mol. The Kier molecular flexibility index (Phi) is 3.27. The number of nitrogens with one attached hydrogen (secondary N) is 1. The second-order valence-electron chi connectivity index (χ2n) is 3.73. The van der Waals surface area contributed by atoms with Gasteiger partial charge in [0.25, 0.3) is 0 Å². The molecule has 0 atom stereocenters. The number of halogens is 1. The minimum absolute atomic E-state index is 0.225. The minimum atomic E-state index is -0.291. The predicted molar refractivity (Wildman–Crippen MR) is 67.4 cm³/mol. The summed E-state index contributed by atoms with van der Waals surface area (Å²) in [6.45, 7) is 1.70. The summed E-state index contributed by atoms with van der Waals surface area (Å²) in [5.74, 6) is 0.662. The first-order valence-corrected chi connectivity index (χ1v) is 5.29. The maximum absolute atomic E-state index is 13.4. The highest BCUT2D eigenvalue weighted by Gasteiger charge is 2.10. The summed E-state index contributed by atoms with van der Waals surface area (Å²) < 4.78 is 18.5. The number of aryl methyl sites for hydroxylation is 1. The molecule has 0 saturated carbocycles. The lowest BCUT2D eigenvalue weighted by Gasteiger charge is -2.11. The molecule has 5 nitrogen and oxygen atoms in total. The molecule has 0 saturated heterocycles. The Morgan fingerprint density at radius 2 is 2.11 bits per heavy atom. The Labute approximate surface area is 104 Å². The van der Waals surface area contributed by atoms with Gasteiger partial charge in [0.15, 0.2) is 11.6 Å². The molecule has 0 aliphatic rings. The summed E-state index contributed by atoms with van der Waals surface area (Å²) in [7, 11) is 1.47. The fourth-order valence-corrected chi connectivity index (χ4v) is 1.48. The summed E-state index contributed by atoms with van der Waals surface area (Å²) in [6.07, 6.45) is 1.31. The molecule has 0 radical (unpaired) electrons. The number of aromatic nitrogens is 2. The predicted octanol–water partition coefficient (Wildman–Crippen LogP) is 2.26. The molecule has 0 spiro atoms. The average molecular weight is 248 g/mol. The maximum atomic E-state index is 13.4. The van der Waals surface area contributed by atoms with Crippen LogP contribution in [-0.4, -0.2) is 17.1 Å². The third-order valence-corrected chi connectivity index (χ3v) is 2.47. The van der Waals surface area contributed by atoms with Crippen molar-refractivity contribution in [2.75, 3.05) is 18.2 Å². The van der Waals surface area contributed by atoms with Crippen molar-refractivity contribution in [2.24, 2.45) is 0 Å². The summed E-state index contributed by atoms with van der Waals surface area (Å²) in [4.78, 5) is 7.82. The van der Waals surface area contributed by atoms with Crippen LogP contribution in [0.3, 0.4) is 0 Å². The number of anilines is 3. The highest BCUT2D eigenvalue weighted by Crippen LogP contribution is 2.29. The van der Waals surface area contributed by atoms with E-state index in [1.54, 1.807) is 19.1 Å². The van der Waals surface area contributed by atoms with Crippen LogP contribution in [0.25, 0.3) is 0 Å². The molecule has 0 aliphatic carbocycles. The first-order valence-electron chi connectivity index (χ1n) is 5.29. The molecule has 1 heterocycles. The Hall–Kier alpha value is -2.37. The molecule has 0 amide bonds. The second kappa shape index (κ2) is 4.87. The third kappa shape index (κ3) is 2.32. The van der Waals surface area contributed by atoms with E-state index in [4.69, 9.17) is 10.5 Å². The van der Waals surface area contributed by atoms with Gasteiger partial charge in [-0.1, -0.05) is 6.07 Å². The van der Waals surface area contributed by atoms with E-state index in [9.17, 15) is 4.39 Å². The summed E-state index contributed by atoms with van der Waals surface area (Å²) in [6, 6.07) is 4.80. The van der Waals surface area contributed by atoms with Crippen molar-refractivity contribution in [1.29, 1.82) is 0 Å². The van der Waals surface area contributed by atoms with E-state index in [0.29, 0.717) is 22.8 Å². The number of hydrogen-bond acceptors (Lipinski definition) is 5. The Morgan fingerprint density at radius 3 is 2.78 bits per heavy atom. The Morgan fingerprint density at radius 1 is 1.33 bits per heavy atom. The lowest BCUT2D eigenvalue weighted by atomic mass is 10.2. The van der Waals surface area contributed by atoms with Gasteiger partial charge in [0, 0.05) is 5.69 Å². The second-order valence-corrected chi connectivity index (χ2v) is 3.73. The molecule has 0 unspecified atom stereocenters. The average Bonchev–Trinajstić information content (AvgIpc) is 2.34. The number of ether oxygens (including phenoxy) is 1. The van der Waals surface area contributed by atoms with Crippen molar-refractivity contribution in [3.05, 3.63) is 35.9 Å². The molecule has 3 N–H and O–H groups in total. The van der Waals surface area contributed by atoms with Crippen LogP contribution in [0, 0.1) is 12.7 Å². The van der Waals surface area contributed by atoms with Gasteiger partial charge in [0.05, 0.1) is 7.11 Å². The highest BCUT2D eigenvalue weighted by molar-refractivity contribution is 5.68. The first kappa shape index (κ1) is 12.1. The zero-order valence-electron chi connectivity index (χ0n) is 10.1. The van der Waals surface area contributed by atoms with Crippen LogP contribution in [0.2, 0.25) is 0 Å². The van der Waals surface area contributed by atoms with Gasteiger partial charge >= 0.3 is 0 Å². The van der Waals surface area contributed by atoms with Gasteiger partial charge in [-0.05, 0) is 24.6 Å². The number of nitrogen functional groups attached to an aromatic ring is 1. The van der Waals surface area contributed by atoms with E-state index >= 15 is 0 Å². The van der Waals surface area contributed by atoms with Gasteiger partial charge in [0.1, 0.15) is 12.1 Å². The van der Waals surface area contributed by atoms with Crippen molar-refractivity contribution in [1.82, 2.24) is 9.97 Å². The lowest BCUT2D eigenvalue weighted by Crippen LogP contribution is -2.03. The van der Waals surface area contributed by atoms with Crippen LogP contribution in [0.15, 0.2) is 24.5 Å². The quantitative estimate of drug-likeness (QED) is 0.871. The highest BCUT2D eigenvalue weighted by atomic mass is 19.1. The molecule has 94 valence electrons. The summed E-state index contributed by atoms with van der Waals surface area (Å²) >= 11 is 0. The number of benzene rings is 1. The first-order chi connectivity index (χ1) is 8.61. The fraction of sp³-hybridized carbons (Fsp3) is 0.167. The number of rotatable bonds is 3. The third-order valence-electron chi connectivity index (χ3n) is 2.47. The molecule has 0 bridgehead atoms. The van der Waals surface area contributed by atoms with E-state index in [1.165, 1.54) is 19.5 Å². The van der Waals surface area contributed by atoms with Crippen LogP contribution < -0.4 is 15.8 Å². The molecule has 0 aliphatic heterocycles. The van der Waals surface area contributed by atoms with Crippen LogP contribution in [-0.2, 0) is 0 Å². The van der Waals surface area contributed by atoms with Gasteiger partial charge in [-0.15, -0.1) is 0 Å². The number of nitrogens with two attached hydrogens (primary N) is 1. The minimum Gasteiger partial charge on any atom is -0.490 e. The van der Waals surface area contributed by atoms with Crippen molar-refractivity contribution < 1.29 is 9.13 Å². The fourth-order valence-electron chi connectivity index (χ4n) is 1.48. The molecule has 0 fully saturated rings. The van der Waals surface area contributed by atoms with Crippen molar-refractivity contribution in [3.63, 3.8) is 0 Å². The van der Waals surface area contributed by atoms with Crippen molar-refractivity contribution >= 4 is 17.3 Å². The van der Waals surface area contributed by atoms with Crippen LogP contribution >= 0.6 is 0 Å². The summed E-state index contributed by atoms with van der Waals surface area (Å²) in [5, 5.41) is 2.94. The van der Waals surface area contributed by atoms with E-state index in [0.717, 1.165) is 0 Å². The van der Waals surface area contributed by atoms with E-state index in [1.807, 2.05) is 0 Å². The smallest absolute Gasteiger partial charge is 0.204 e. The Bertz CT molecular complexity index is 574.